The summed E-state index contributed by atoms with van der Waals surface area (Å²) in [6.07, 6.45) is 1.93. The molecule has 2 aromatic rings. The SMILES string of the molecule is C[C@H]([NH2+]CC(=O)N[C@@H](C)CCc1ccccc1)c1ccc(Cl)cc1. The highest BCUT2D eigenvalue weighted by atomic mass is 35.5. The van der Waals surface area contributed by atoms with Gasteiger partial charge in [0.2, 0.25) is 0 Å². The van der Waals surface area contributed by atoms with Crippen LogP contribution in [0, 0.1) is 0 Å². The van der Waals surface area contributed by atoms with Crippen LogP contribution in [-0.2, 0) is 11.2 Å². The second-order valence-corrected chi connectivity index (χ2v) is 6.71. The molecule has 0 aliphatic heterocycles. The van der Waals surface area contributed by atoms with Gasteiger partial charge in [0.05, 0.1) is 0 Å². The monoisotopic (exact) mass is 345 g/mol. The van der Waals surface area contributed by atoms with Gasteiger partial charge in [-0.2, -0.15) is 0 Å². The number of aryl methyl sites for hydroxylation is 1. The van der Waals surface area contributed by atoms with E-state index in [9.17, 15) is 4.79 Å². The Hall–Kier alpha value is -1.84. The van der Waals surface area contributed by atoms with Crippen molar-refractivity contribution < 1.29 is 10.1 Å². The molecule has 24 heavy (non-hydrogen) atoms. The summed E-state index contributed by atoms with van der Waals surface area (Å²) in [5.41, 5.74) is 2.48. The molecule has 3 nitrogen and oxygen atoms in total. The van der Waals surface area contributed by atoms with E-state index in [1.54, 1.807) is 0 Å². The minimum absolute atomic E-state index is 0.0800. The molecule has 0 aliphatic rings. The molecule has 0 saturated carbocycles. The first-order chi connectivity index (χ1) is 11.5. The fourth-order valence-electron chi connectivity index (χ4n) is 2.62. The van der Waals surface area contributed by atoms with Crippen LogP contribution in [0.3, 0.4) is 0 Å². The van der Waals surface area contributed by atoms with Crippen molar-refractivity contribution >= 4 is 17.5 Å². The van der Waals surface area contributed by atoms with Crippen LogP contribution in [0.1, 0.15) is 37.4 Å². The maximum Gasteiger partial charge on any atom is 0.275 e. The van der Waals surface area contributed by atoms with Crippen LogP contribution in [0.2, 0.25) is 5.02 Å². The smallest absolute Gasteiger partial charge is 0.275 e. The average Bonchev–Trinajstić information content (AvgIpc) is 2.59. The van der Waals surface area contributed by atoms with Gasteiger partial charge in [0.1, 0.15) is 6.04 Å². The van der Waals surface area contributed by atoms with E-state index in [2.05, 4.69) is 31.3 Å². The van der Waals surface area contributed by atoms with Gasteiger partial charge in [-0.3, -0.25) is 4.79 Å². The summed E-state index contributed by atoms with van der Waals surface area (Å²) in [6, 6.07) is 18.5. The topological polar surface area (TPSA) is 45.7 Å². The number of hydrogen-bond donors (Lipinski definition) is 2. The Morgan fingerprint density at radius 1 is 1.08 bits per heavy atom. The normalized spacial score (nSPS) is 13.3. The summed E-state index contributed by atoms with van der Waals surface area (Å²) in [5, 5.41) is 5.85. The van der Waals surface area contributed by atoms with Crippen molar-refractivity contribution in [3.63, 3.8) is 0 Å². The van der Waals surface area contributed by atoms with Gasteiger partial charge in [-0.15, -0.1) is 0 Å². The molecular weight excluding hydrogens is 320 g/mol. The summed E-state index contributed by atoms with van der Waals surface area (Å²) in [5.74, 6) is 0.0800. The van der Waals surface area contributed by atoms with E-state index in [1.165, 1.54) is 11.1 Å². The maximum absolute atomic E-state index is 12.1. The van der Waals surface area contributed by atoms with Crippen molar-refractivity contribution in [3.05, 3.63) is 70.7 Å². The molecule has 2 aromatic carbocycles. The minimum Gasteiger partial charge on any atom is -0.349 e. The number of carbonyl (C=O) groups is 1. The number of rotatable bonds is 8. The van der Waals surface area contributed by atoms with E-state index >= 15 is 0 Å². The predicted molar refractivity (Wildman–Crippen MR) is 99.0 cm³/mol. The lowest BCUT2D eigenvalue weighted by Crippen LogP contribution is -2.87. The quantitative estimate of drug-likeness (QED) is 0.758. The third-order valence-corrected chi connectivity index (χ3v) is 4.42. The molecule has 0 heterocycles. The molecule has 128 valence electrons. The van der Waals surface area contributed by atoms with Crippen molar-refractivity contribution in [2.24, 2.45) is 0 Å². The Morgan fingerprint density at radius 2 is 1.75 bits per heavy atom. The summed E-state index contributed by atoms with van der Waals surface area (Å²) >= 11 is 5.90. The number of nitrogens with one attached hydrogen (secondary N) is 1. The lowest BCUT2D eigenvalue weighted by Gasteiger charge is -2.15. The second kappa shape index (κ2) is 9.45. The summed E-state index contributed by atoms with van der Waals surface area (Å²) in [7, 11) is 0. The van der Waals surface area contributed by atoms with Gasteiger partial charge in [0.15, 0.2) is 6.54 Å². The molecular formula is C20H26ClN2O+. The van der Waals surface area contributed by atoms with Crippen molar-refractivity contribution in [2.45, 2.75) is 38.8 Å². The third-order valence-electron chi connectivity index (χ3n) is 4.17. The zero-order valence-electron chi connectivity index (χ0n) is 14.3. The van der Waals surface area contributed by atoms with Gasteiger partial charge in [-0.25, -0.2) is 0 Å². The lowest BCUT2D eigenvalue weighted by molar-refractivity contribution is -0.682. The molecule has 0 spiro atoms. The number of nitrogens with two attached hydrogens (primary N) is 1. The molecule has 4 heteroatoms. The fourth-order valence-corrected chi connectivity index (χ4v) is 2.75. The van der Waals surface area contributed by atoms with Gasteiger partial charge in [0.25, 0.3) is 5.91 Å². The Kier molecular flexibility index (Phi) is 7.29. The summed E-state index contributed by atoms with van der Waals surface area (Å²) < 4.78 is 0. The first-order valence-electron chi connectivity index (χ1n) is 8.46. The van der Waals surface area contributed by atoms with Crippen molar-refractivity contribution in [3.8, 4) is 0 Å². The highest BCUT2D eigenvalue weighted by Gasteiger charge is 2.13. The maximum atomic E-state index is 12.1. The summed E-state index contributed by atoms with van der Waals surface area (Å²) in [4.78, 5) is 12.1. The van der Waals surface area contributed by atoms with E-state index in [-0.39, 0.29) is 18.0 Å². The Balaban J connectivity index is 1.69. The third kappa shape index (κ3) is 6.34. The molecule has 2 atom stereocenters. The number of hydrogen-bond acceptors (Lipinski definition) is 1. The number of halogens is 1. The van der Waals surface area contributed by atoms with E-state index in [1.807, 2.05) is 47.8 Å². The van der Waals surface area contributed by atoms with Crippen LogP contribution in [0.4, 0.5) is 0 Å². The predicted octanol–water partition coefficient (Wildman–Crippen LogP) is 3.10. The molecule has 1 amide bonds. The Labute approximate surface area is 149 Å². The Bertz CT molecular complexity index is 628. The standard InChI is InChI=1S/C20H25ClN2O/c1-15(8-9-17-6-4-3-5-7-17)23-20(24)14-22-16(2)18-10-12-19(21)13-11-18/h3-7,10-13,15-16,22H,8-9,14H2,1-2H3,(H,23,24)/p+1/t15-,16-/m0/s1. The molecule has 0 aliphatic carbocycles. The molecule has 0 fully saturated rings. The fraction of sp³-hybridized carbons (Fsp3) is 0.350. The highest BCUT2D eigenvalue weighted by Crippen LogP contribution is 2.13. The molecule has 0 bridgehead atoms. The molecule has 0 radical (unpaired) electrons. The van der Waals surface area contributed by atoms with Gasteiger partial charge < -0.3 is 10.6 Å². The molecule has 0 aromatic heterocycles. The van der Waals surface area contributed by atoms with Crippen molar-refractivity contribution in [1.29, 1.82) is 0 Å². The number of benzene rings is 2. The van der Waals surface area contributed by atoms with E-state index in [0.29, 0.717) is 6.54 Å². The van der Waals surface area contributed by atoms with Gasteiger partial charge >= 0.3 is 0 Å². The number of amides is 1. The first-order valence-corrected chi connectivity index (χ1v) is 8.84. The number of quaternary nitrogens is 1. The minimum atomic E-state index is 0.0800. The Morgan fingerprint density at radius 3 is 2.42 bits per heavy atom. The lowest BCUT2D eigenvalue weighted by atomic mass is 10.1. The summed E-state index contributed by atoms with van der Waals surface area (Å²) in [6.45, 7) is 4.58. The molecule has 3 N–H and O–H groups in total. The van der Waals surface area contributed by atoms with Crippen LogP contribution >= 0.6 is 11.6 Å². The zero-order valence-corrected chi connectivity index (χ0v) is 15.1. The van der Waals surface area contributed by atoms with E-state index in [4.69, 9.17) is 11.6 Å². The first kappa shape index (κ1) is 18.5. The molecule has 0 saturated heterocycles. The van der Waals surface area contributed by atoms with E-state index < -0.39 is 0 Å². The second-order valence-electron chi connectivity index (χ2n) is 6.27. The van der Waals surface area contributed by atoms with Crippen LogP contribution in [0.25, 0.3) is 0 Å². The van der Waals surface area contributed by atoms with Crippen molar-refractivity contribution in [2.75, 3.05) is 6.54 Å². The molecule has 0 unspecified atom stereocenters. The van der Waals surface area contributed by atoms with E-state index in [0.717, 1.165) is 17.9 Å². The molecule has 2 rings (SSSR count). The van der Waals surface area contributed by atoms with Crippen LogP contribution in [0.5, 0.6) is 0 Å². The largest absolute Gasteiger partial charge is 0.349 e. The van der Waals surface area contributed by atoms with Gasteiger partial charge in [-0.05, 0) is 44.4 Å². The van der Waals surface area contributed by atoms with Crippen LogP contribution in [0.15, 0.2) is 54.6 Å². The average molecular weight is 346 g/mol. The van der Waals surface area contributed by atoms with Crippen molar-refractivity contribution in [1.82, 2.24) is 5.32 Å². The zero-order chi connectivity index (χ0) is 17.4. The van der Waals surface area contributed by atoms with Crippen LogP contribution < -0.4 is 10.6 Å². The van der Waals surface area contributed by atoms with Gasteiger partial charge in [-0.1, -0.05) is 54.1 Å². The number of carbonyl (C=O) groups excluding carboxylic acids is 1. The highest BCUT2D eigenvalue weighted by molar-refractivity contribution is 6.30. The van der Waals surface area contributed by atoms with Crippen LogP contribution in [-0.4, -0.2) is 18.5 Å². The van der Waals surface area contributed by atoms with Gasteiger partial charge in [0, 0.05) is 16.6 Å².